The number of carbonyl (C=O) groups is 1. The zero-order valence-electron chi connectivity index (χ0n) is 15.8. The number of likely N-dealkylation sites (tertiary alicyclic amines) is 1. The van der Waals surface area contributed by atoms with Crippen LogP contribution in [0.1, 0.15) is 64.1 Å². The van der Waals surface area contributed by atoms with E-state index >= 15 is 0 Å². The van der Waals surface area contributed by atoms with Gasteiger partial charge in [0.25, 0.3) is 0 Å². The summed E-state index contributed by atoms with van der Waals surface area (Å²) in [5.41, 5.74) is -3.18. The summed E-state index contributed by atoms with van der Waals surface area (Å²) >= 11 is 0. The second-order valence-corrected chi connectivity index (χ2v) is 8.47. The minimum absolute atomic E-state index is 0.126. The highest BCUT2D eigenvalue weighted by Gasteiger charge is 2.61. The molecule has 2 fully saturated rings. The van der Waals surface area contributed by atoms with Gasteiger partial charge in [-0.1, -0.05) is 5.16 Å². The predicted molar refractivity (Wildman–Crippen MR) is 86.0 cm³/mol. The maximum atomic E-state index is 13.9. The van der Waals surface area contributed by atoms with E-state index in [9.17, 15) is 26.7 Å². The Hall–Kier alpha value is -1.94. The molecule has 11 heteroatoms. The molecular weight excluding hydrogens is 389 g/mol. The highest BCUT2D eigenvalue weighted by Crippen LogP contribution is 2.50. The molecule has 1 aromatic heterocycles. The number of aromatic nitrogens is 2. The molecule has 2 heterocycles. The zero-order valence-corrected chi connectivity index (χ0v) is 15.8. The van der Waals surface area contributed by atoms with Crippen molar-refractivity contribution in [1.29, 1.82) is 0 Å². The number of hydrogen-bond acceptors (Lipinski definition) is 5. The lowest BCUT2D eigenvalue weighted by molar-refractivity contribution is -0.209. The molecule has 1 amide bonds. The molecule has 28 heavy (non-hydrogen) atoms. The number of hydrogen-bond donors (Lipinski definition) is 0. The summed E-state index contributed by atoms with van der Waals surface area (Å²) in [6.45, 7) is 4.59. The quantitative estimate of drug-likeness (QED) is 0.675. The van der Waals surface area contributed by atoms with Crippen molar-refractivity contribution < 1.29 is 36.0 Å². The van der Waals surface area contributed by atoms with Crippen LogP contribution in [0.4, 0.5) is 26.7 Å². The van der Waals surface area contributed by atoms with Crippen LogP contribution in [0.15, 0.2) is 4.52 Å². The summed E-state index contributed by atoms with van der Waals surface area (Å²) < 4.78 is 77.9. The molecule has 0 unspecified atom stereocenters. The van der Waals surface area contributed by atoms with Crippen LogP contribution >= 0.6 is 0 Å². The van der Waals surface area contributed by atoms with Crippen molar-refractivity contribution >= 4 is 6.09 Å². The second kappa shape index (κ2) is 6.55. The molecule has 0 atom stereocenters. The van der Waals surface area contributed by atoms with Gasteiger partial charge in [-0.15, -0.1) is 0 Å². The summed E-state index contributed by atoms with van der Waals surface area (Å²) in [6.07, 6.45) is -7.34. The summed E-state index contributed by atoms with van der Waals surface area (Å²) in [5.74, 6) is -4.31. The molecule has 3 rings (SSSR count). The summed E-state index contributed by atoms with van der Waals surface area (Å²) in [4.78, 5) is 17.1. The third kappa shape index (κ3) is 3.93. The van der Waals surface area contributed by atoms with Crippen LogP contribution in [0.25, 0.3) is 0 Å². The van der Waals surface area contributed by atoms with Gasteiger partial charge >= 0.3 is 12.3 Å². The van der Waals surface area contributed by atoms with Gasteiger partial charge < -0.3 is 14.2 Å². The van der Waals surface area contributed by atoms with Gasteiger partial charge in [-0.3, -0.25) is 0 Å². The van der Waals surface area contributed by atoms with E-state index in [1.807, 2.05) is 0 Å². The average molecular weight is 411 g/mol. The lowest BCUT2D eigenvalue weighted by atomic mass is 9.77. The topological polar surface area (TPSA) is 68.5 Å². The number of ether oxygens (including phenoxy) is 1. The van der Waals surface area contributed by atoms with E-state index in [2.05, 4.69) is 10.1 Å². The number of piperidine rings is 1. The van der Waals surface area contributed by atoms with Crippen LogP contribution in [-0.4, -0.2) is 51.9 Å². The fourth-order valence-electron chi connectivity index (χ4n) is 3.45. The molecule has 158 valence electrons. The normalized spacial score (nSPS) is 22.6. The zero-order chi connectivity index (χ0) is 21.0. The molecule has 1 saturated heterocycles. The summed E-state index contributed by atoms with van der Waals surface area (Å²) in [5, 5.41) is 3.52. The lowest BCUT2D eigenvalue weighted by Gasteiger charge is -2.40. The van der Waals surface area contributed by atoms with Gasteiger partial charge in [0.2, 0.25) is 11.8 Å². The second-order valence-electron chi connectivity index (χ2n) is 8.47. The SMILES string of the molecule is CC(C)(C)OC(=O)N1CCC(c2nc(C3CC(F)(F)C3)no2)(C(F)(F)F)CC1. The fourth-order valence-corrected chi connectivity index (χ4v) is 3.45. The first-order valence-electron chi connectivity index (χ1n) is 8.99. The van der Waals surface area contributed by atoms with Crippen molar-refractivity contribution in [3.05, 3.63) is 11.7 Å². The van der Waals surface area contributed by atoms with Crippen LogP contribution in [0.5, 0.6) is 0 Å². The molecule has 1 aliphatic carbocycles. The number of alkyl halides is 5. The van der Waals surface area contributed by atoms with Gasteiger partial charge in [0, 0.05) is 31.8 Å². The van der Waals surface area contributed by atoms with Crippen molar-refractivity contribution in [1.82, 2.24) is 15.0 Å². The summed E-state index contributed by atoms with van der Waals surface area (Å²) in [7, 11) is 0. The molecule has 1 aromatic rings. The molecular formula is C17H22F5N3O3. The van der Waals surface area contributed by atoms with E-state index in [0.717, 1.165) is 0 Å². The van der Waals surface area contributed by atoms with Gasteiger partial charge in [-0.05, 0) is 33.6 Å². The van der Waals surface area contributed by atoms with Crippen molar-refractivity contribution in [3.8, 4) is 0 Å². The summed E-state index contributed by atoms with van der Waals surface area (Å²) in [6, 6.07) is 0. The molecule has 0 N–H and O–H groups in total. The molecule has 0 aromatic carbocycles. The Morgan fingerprint density at radius 3 is 2.21 bits per heavy atom. The van der Waals surface area contributed by atoms with Crippen molar-refractivity contribution in [2.24, 2.45) is 0 Å². The number of halogens is 5. The number of rotatable bonds is 2. The van der Waals surface area contributed by atoms with Gasteiger partial charge in [-0.25, -0.2) is 13.6 Å². The lowest BCUT2D eigenvalue weighted by Crippen LogP contribution is -2.53. The van der Waals surface area contributed by atoms with Crippen molar-refractivity contribution in [2.45, 2.75) is 75.5 Å². The van der Waals surface area contributed by atoms with Gasteiger partial charge in [-0.2, -0.15) is 18.2 Å². The monoisotopic (exact) mass is 411 g/mol. The van der Waals surface area contributed by atoms with Gasteiger partial charge in [0.1, 0.15) is 11.0 Å². The molecule has 6 nitrogen and oxygen atoms in total. The predicted octanol–water partition coefficient (Wildman–Crippen LogP) is 4.41. The van der Waals surface area contributed by atoms with Crippen molar-refractivity contribution in [3.63, 3.8) is 0 Å². The smallest absolute Gasteiger partial charge is 0.410 e. The fraction of sp³-hybridized carbons (Fsp3) is 0.824. The standard InChI is InChI=1S/C17H22F5N3O3/c1-14(2,3)27-13(26)25-6-4-15(5-7-25,17(20,21)22)12-23-11(24-28-12)10-8-16(18,19)9-10/h10H,4-9H2,1-3H3. The van der Waals surface area contributed by atoms with E-state index in [-0.39, 0.29) is 18.9 Å². The van der Waals surface area contributed by atoms with Gasteiger partial charge in [0.15, 0.2) is 5.82 Å². The highest BCUT2D eigenvalue weighted by molar-refractivity contribution is 5.68. The Bertz CT molecular complexity index is 725. The number of amides is 1. The Balaban J connectivity index is 1.75. The number of nitrogens with zero attached hydrogens (tertiary/aromatic N) is 3. The Labute approximate surface area is 158 Å². The largest absolute Gasteiger partial charge is 0.444 e. The first kappa shape index (κ1) is 20.8. The third-order valence-electron chi connectivity index (χ3n) is 5.12. The van der Waals surface area contributed by atoms with Gasteiger partial charge in [0.05, 0.1) is 0 Å². The molecule has 2 aliphatic rings. The van der Waals surface area contributed by atoms with E-state index in [4.69, 9.17) is 9.26 Å². The minimum Gasteiger partial charge on any atom is -0.444 e. The minimum atomic E-state index is -4.69. The van der Waals surface area contributed by atoms with Crippen LogP contribution in [0.3, 0.4) is 0 Å². The molecule has 1 aliphatic heterocycles. The van der Waals surface area contributed by atoms with Crippen LogP contribution in [0, 0.1) is 0 Å². The van der Waals surface area contributed by atoms with E-state index in [1.165, 1.54) is 4.90 Å². The van der Waals surface area contributed by atoms with Crippen molar-refractivity contribution in [2.75, 3.05) is 13.1 Å². The first-order valence-corrected chi connectivity index (χ1v) is 8.99. The first-order chi connectivity index (χ1) is 12.7. The number of carbonyl (C=O) groups excluding carboxylic acids is 1. The van der Waals surface area contributed by atoms with E-state index < -0.39 is 66.7 Å². The third-order valence-corrected chi connectivity index (χ3v) is 5.12. The van der Waals surface area contributed by atoms with E-state index in [0.29, 0.717) is 0 Å². The molecule has 0 spiro atoms. The Kier molecular flexibility index (Phi) is 4.86. The van der Waals surface area contributed by atoms with E-state index in [1.54, 1.807) is 20.8 Å². The Morgan fingerprint density at radius 2 is 1.75 bits per heavy atom. The molecule has 0 bridgehead atoms. The van der Waals surface area contributed by atoms with Crippen LogP contribution in [0.2, 0.25) is 0 Å². The maximum absolute atomic E-state index is 13.9. The Morgan fingerprint density at radius 1 is 1.18 bits per heavy atom. The van der Waals surface area contributed by atoms with Crippen LogP contribution < -0.4 is 0 Å². The highest BCUT2D eigenvalue weighted by atomic mass is 19.4. The molecule has 1 saturated carbocycles. The molecule has 0 radical (unpaired) electrons. The average Bonchev–Trinajstić information content (AvgIpc) is 2.99. The maximum Gasteiger partial charge on any atom is 0.410 e. The van der Waals surface area contributed by atoms with Crippen LogP contribution in [-0.2, 0) is 10.2 Å².